The van der Waals surface area contributed by atoms with E-state index in [1.54, 1.807) is 6.07 Å². The average molecular weight is 304 g/mol. The zero-order valence-electron chi connectivity index (χ0n) is 9.66. The number of benzene rings is 1. The maximum Gasteiger partial charge on any atom is 0.483 e. The molecule has 1 unspecified atom stereocenters. The summed E-state index contributed by atoms with van der Waals surface area (Å²) in [4.78, 5) is 0. The Hall–Kier alpha value is -1.14. The molecule has 1 aromatic carbocycles. The first-order valence-corrected chi connectivity index (χ1v) is 6.81. The van der Waals surface area contributed by atoms with Crippen molar-refractivity contribution in [2.45, 2.75) is 19.2 Å². The minimum absolute atomic E-state index is 0.120. The minimum atomic E-state index is -5.96. The van der Waals surface area contributed by atoms with Crippen molar-refractivity contribution in [3.05, 3.63) is 30.3 Å². The number of hydrogen-bond donors (Lipinski definition) is 0. The van der Waals surface area contributed by atoms with Crippen LogP contribution in [0.5, 0.6) is 5.75 Å². The first-order chi connectivity index (χ1) is 8.60. The summed E-state index contributed by atoms with van der Waals surface area (Å²) in [5.41, 5.74) is 0. The third-order valence-electron chi connectivity index (χ3n) is 1.96. The van der Waals surface area contributed by atoms with E-state index in [0.29, 0.717) is 0 Å². The summed E-state index contributed by atoms with van der Waals surface area (Å²) in [5, 5.41) is 0. The monoisotopic (exact) mass is 304 g/mol. The van der Waals surface area contributed by atoms with Gasteiger partial charge in [0.2, 0.25) is 0 Å². The van der Waals surface area contributed by atoms with Crippen LogP contribution in [0.2, 0.25) is 0 Å². The fraction of sp³-hybridized carbons (Fsp3) is 0.400. The Bertz CT molecular complexity index is 460. The Morgan fingerprint density at radius 3 is 2.05 bits per heavy atom. The summed E-state index contributed by atoms with van der Waals surface area (Å²) in [7, 11) is -4.61. The highest BCUT2D eigenvalue weighted by Crippen LogP contribution is 2.55. The van der Waals surface area contributed by atoms with E-state index in [2.05, 4.69) is 9.05 Å². The molecule has 0 aliphatic rings. The quantitative estimate of drug-likeness (QED) is 0.595. The van der Waals surface area contributed by atoms with Crippen molar-refractivity contribution < 1.29 is 35.6 Å². The SMILES string of the molecule is CCP(=O)(Oc1ccccc1)OC(F)(F)C(F)(F)F. The second-order valence-corrected chi connectivity index (χ2v) is 5.66. The molecule has 9 heteroatoms. The molecule has 0 radical (unpaired) electrons. The van der Waals surface area contributed by atoms with Crippen LogP contribution in [0.25, 0.3) is 0 Å². The van der Waals surface area contributed by atoms with Gasteiger partial charge in [0, 0.05) is 0 Å². The van der Waals surface area contributed by atoms with Gasteiger partial charge in [0.05, 0.1) is 6.16 Å². The molecule has 0 fully saturated rings. The van der Waals surface area contributed by atoms with Crippen LogP contribution in [-0.4, -0.2) is 18.4 Å². The van der Waals surface area contributed by atoms with E-state index in [0.717, 1.165) is 6.92 Å². The molecule has 0 saturated carbocycles. The molecule has 1 atom stereocenters. The summed E-state index contributed by atoms with van der Waals surface area (Å²) >= 11 is 0. The number of alkyl halides is 5. The first-order valence-electron chi connectivity index (χ1n) is 5.08. The molecule has 19 heavy (non-hydrogen) atoms. The van der Waals surface area contributed by atoms with Crippen LogP contribution in [0.15, 0.2) is 30.3 Å². The summed E-state index contributed by atoms with van der Waals surface area (Å²) in [5.74, 6) is -0.120. The van der Waals surface area contributed by atoms with Crippen molar-refractivity contribution in [1.29, 1.82) is 0 Å². The maximum atomic E-state index is 12.7. The third-order valence-corrected chi connectivity index (χ3v) is 3.73. The lowest BCUT2D eigenvalue weighted by Gasteiger charge is -2.24. The zero-order chi connectivity index (χ0) is 14.7. The van der Waals surface area contributed by atoms with E-state index >= 15 is 0 Å². The van der Waals surface area contributed by atoms with E-state index in [-0.39, 0.29) is 5.75 Å². The van der Waals surface area contributed by atoms with Crippen LogP contribution in [0.3, 0.4) is 0 Å². The van der Waals surface area contributed by atoms with Crippen molar-refractivity contribution in [3.8, 4) is 5.75 Å². The fourth-order valence-electron chi connectivity index (χ4n) is 1.02. The van der Waals surface area contributed by atoms with Gasteiger partial charge in [0.1, 0.15) is 5.75 Å². The smallest absolute Gasteiger partial charge is 0.424 e. The van der Waals surface area contributed by atoms with Crippen molar-refractivity contribution in [2.75, 3.05) is 6.16 Å². The minimum Gasteiger partial charge on any atom is -0.424 e. The van der Waals surface area contributed by atoms with Crippen LogP contribution in [0.1, 0.15) is 6.92 Å². The van der Waals surface area contributed by atoms with Crippen molar-refractivity contribution >= 4 is 7.60 Å². The van der Waals surface area contributed by atoms with E-state index < -0.39 is 26.0 Å². The predicted octanol–water partition coefficient (Wildman–Crippen LogP) is 4.45. The molecule has 108 valence electrons. The van der Waals surface area contributed by atoms with Gasteiger partial charge in [-0.25, -0.2) is 9.09 Å². The Morgan fingerprint density at radius 1 is 1.11 bits per heavy atom. The third kappa shape index (κ3) is 4.18. The number of hydrogen-bond acceptors (Lipinski definition) is 3. The van der Waals surface area contributed by atoms with Crippen LogP contribution in [0, 0.1) is 0 Å². The summed E-state index contributed by atoms with van der Waals surface area (Å²) < 4.78 is 81.2. The molecule has 0 N–H and O–H groups in total. The van der Waals surface area contributed by atoms with Crippen LogP contribution in [0.4, 0.5) is 22.0 Å². The molecule has 0 saturated heterocycles. The van der Waals surface area contributed by atoms with E-state index in [4.69, 9.17) is 0 Å². The Labute approximate surface area is 105 Å². The molecule has 0 aliphatic carbocycles. The summed E-state index contributed by atoms with van der Waals surface area (Å²) in [6.45, 7) is 1.12. The van der Waals surface area contributed by atoms with E-state index in [1.807, 2.05) is 0 Å². The Balaban J connectivity index is 2.91. The molecular weight excluding hydrogens is 294 g/mol. The summed E-state index contributed by atoms with van der Waals surface area (Å²) in [6, 6.07) is 6.97. The van der Waals surface area contributed by atoms with Gasteiger partial charge < -0.3 is 4.52 Å². The van der Waals surface area contributed by atoms with Gasteiger partial charge in [-0.2, -0.15) is 22.0 Å². The Morgan fingerprint density at radius 2 is 1.63 bits per heavy atom. The van der Waals surface area contributed by atoms with Gasteiger partial charge in [-0.1, -0.05) is 25.1 Å². The van der Waals surface area contributed by atoms with Gasteiger partial charge in [0.15, 0.2) is 0 Å². The maximum absolute atomic E-state index is 12.7. The highest BCUT2D eigenvalue weighted by atomic mass is 31.2. The normalized spacial score (nSPS) is 15.9. The second-order valence-electron chi connectivity index (χ2n) is 3.44. The molecule has 0 amide bonds. The van der Waals surface area contributed by atoms with Gasteiger partial charge >= 0.3 is 19.9 Å². The second kappa shape index (κ2) is 5.46. The summed E-state index contributed by atoms with van der Waals surface area (Å²) in [6.07, 6.45) is -12.1. The largest absolute Gasteiger partial charge is 0.483 e. The van der Waals surface area contributed by atoms with E-state index in [9.17, 15) is 26.5 Å². The van der Waals surface area contributed by atoms with Crippen molar-refractivity contribution in [3.63, 3.8) is 0 Å². The lowest BCUT2D eigenvalue weighted by Crippen LogP contribution is -2.38. The lowest BCUT2D eigenvalue weighted by atomic mass is 10.3. The average Bonchev–Trinajstić information content (AvgIpc) is 2.28. The molecule has 0 spiro atoms. The number of halogens is 5. The van der Waals surface area contributed by atoms with Gasteiger partial charge in [-0.3, -0.25) is 0 Å². The molecule has 1 aromatic rings. The van der Waals surface area contributed by atoms with Crippen molar-refractivity contribution in [1.82, 2.24) is 0 Å². The van der Waals surface area contributed by atoms with Gasteiger partial charge in [0.25, 0.3) is 0 Å². The van der Waals surface area contributed by atoms with Crippen LogP contribution < -0.4 is 4.52 Å². The highest BCUT2D eigenvalue weighted by Gasteiger charge is 2.63. The van der Waals surface area contributed by atoms with Gasteiger partial charge in [-0.15, -0.1) is 0 Å². The fourth-order valence-corrected chi connectivity index (χ4v) is 2.21. The standard InChI is InChI=1S/C10H10F5O3P/c1-2-19(16,17-8-6-4-3-5-7-8)18-10(14,15)9(11,12)13/h3-7H,2H2,1H3. The van der Waals surface area contributed by atoms with Crippen LogP contribution >= 0.6 is 7.60 Å². The zero-order valence-corrected chi connectivity index (χ0v) is 10.6. The molecule has 1 rings (SSSR count). The molecule has 3 nitrogen and oxygen atoms in total. The topological polar surface area (TPSA) is 35.5 Å². The highest BCUT2D eigenvalue weighted by molar-refractivity contribution is 7.54. The van der Waals surface area contributed by atoms with Gasteiger partial charge in [-0.05, 0) is 12.1 Å². The van der Waals surface area contributed by atoms with Crippen molar-refractivity contribution in [2.24, 2.45) is 0 Å². The first kappa shape index (κ1) is 15.9. The molecule has 0 bridgehead atoms. The predicted molar refractivity (Wildman–Crippen MR) is 57.3 cm³/mol. The molecule has 0 aliphatic heterocycles. The molecule has 0 aromatic heterocycles. The van der Waals surface area contributed by atoms with Crippen LogP contribution in [-0.2, 0) is 9.09 Å². The molecule has 0 heterocycles. The number of rotatable bonds is 5. The van der Waals surface area contributed by atoms with E-state index in [1.165, 1.54) is 24.3 Å². The molecular formula is C10H10F5O3P. The number of para-hydroxylation sites is 1. The lowest BCUT2D eigenvalue weighted by molar-refractivity contribution is -0.362. The Kier molecular flexibility index (Phi) is 4.58.